The van der Waals surface area contributed by atoms with Crippen LogP contribution in [0.3, 0.4) is 0 Å². The number of carbonyl (C=O) groups is 2. The molecular weight excluding hydrogens is 272 g/mol. The van der Waals surface area contributed by atoms with E-state index in [1.165, 1.54) is 6.92 Å². The van der Waals surface area contributed by atoms with Crippen molar-refractivity contribution in [2.24, 2.45) is 0 Å². The number of carboxylic acid groups (broad SMARTS) is 1. The molecule has 1 aromatic heterocycles. The molecule has 0 fully saturated rings. The average Bonchev–Trinajstić information content (AvgIpc) is 2.82. The van der Waals surface area contributed by atoms with Gasteiger partial charge in [-0.05, 0) is 25.5 Å². The Morgan fingerprint density at radius 1 is 1.38 bits per heavy atom. The number of carbonyl (C=O) groups excluding carboxylic acids is 1. The third kappa shape index (κ3) is 3.16. The fourth-order valence-corrected chi connectivity index (χ4v) is 2.22. The van der Waals surface area contributed by atoms with Crippen molar-refractivity contribution in [2.75, 3.05) is 6.61 Å². The van der Waals surface area contributed by atoms with Gasteiger partial charge < -0.3 is 20.1 Å². The summed E-state index contributed by atoms with van der Waals surface area (Å²) in [7, 11) is 0. The molecule has 3 N–H and O–H groups in total. The molecule has 112 valence electrons. The van der Waals surface area contributed by atoms with Gasteiger partial charge in [0.2, 0.25) is 0 Å². The van der Waals surface area contributed by atoms with Gasteiger partial charge in [-0.2, -0.15) is 0 Å². The molecule has 0 saturated heterocycles. The van der Waals surface area contributed by atoms with Crippen LogP contribution in [-0.4, -0.2) is 34.3 Å². The molecule has 0 bridgehead atoms. The monoisotopic (exact) mass is 290 g/mol. The zero-order valence-electron chi connectivity index (χ0n) is 12.0. The highest BCUT2D eigenvalue weighted by molar-refractivity contribution is 5.87. The van der Waals surface area contributed by atoms with Gasteiger partial charge in [-0.15, -0.1) is 0 Å². The predicted octanol–water partition coefficient (Wildman–Crippen LogP) is 2.30. The molecule has 1 amide bonds. The molecule has 0 radical (unpaired) electrons. The lowest BCUT2D eigenvalue weighted by atomic mass is 9.93. The van der Waals surface area contributed by atoms with Gasteiger partial charge in [0.25, 0.3) is 0 Å². The van der Waals surface area contributed by atoms with Crippen LogP contribution < -0.4 is 5.32 Å². The highest BCUT2D eigenvalue weighted by Crippen LogP contribution is 2.22. The van der Waals surface area contributed by atoms with Gasteiger partial charge in [0.05, 0.1) is 6.61 Å². The lowest BCUT2D eigenvalue weighted by Gasteiger charge is -2.25. The first-order valence-electron chi connectivity index (χ1n) is 6.69. The van der Waals surface area contributed by atoms with Gasteiger partial charge in [0.1, 0.15) is 5.54 Å². The van der Waals surface area contributed by atoms with E-state index in [9.17, 15) is 14.7 Å². The fraction of sp³-hybridized carbons (Fsp3) is 0.333. The minimum Gasteiger partial charge on any atom is -0.480 e. The van der Waals surface area contributed by atoms with E-state index in [2.05, 4.69) is 10.3 Å². The van der Waals surface area contributed by atoms with Crippen LogP contribution in [0.4, 0.5) is 4.79 Å². The second kappa shape index (κ2) is 5.87. The molecule has 6 heteroatoms. The molecule has 0 aliphatic rings. The second-order valence-corrected chi connectivity index (χ2v) is 5.02. The van der Waals surface area contributed by atoms with Crippen molar-refractivity contribution in [3.05, 3.63) is 36.0 Å². The van der Waals surface area contributed by atoms with E-state index in [1.54, 1.807) is 13.1 Å². The number of aliphatic carboxylic acids is 1. The molecule has 6 nitrogen and oxygen atoms in total. The normalized spacial score (nSPS) is 13.6. The van der Waals surface area contributed by atoms with E-state index >= 15 is 0 Å². The number of benzene rings is 1. The van der Waals surface area contributed by atoms with Gasteiger partial charge in [-0.1, -0.05) is 18.2 Å². The van der Waals surface area contributed by atoms with Crippen LogP contribution in [0, 0.1) is 0 Å². The molecule has 1 atom stereocenters. The number of alkyl carbamates (subject to hydrolysis) is 1. The summed E-state index contributed by atoms with van der Waals surface area (Å²) in [5.41, 5.74) is 0.320. The summed E-state index contributed by atoms with van der Waals surface area (Å²) in [5.74, 6) is -1.11. The molecule has 2 aromatic rings. The highest BCUT2D eigenvalue weighted by atomic mass is 16.5. The molecule has 0 spiro atoms. The zero-order chi connectivity index (χ0) is 15.5. The Morgan fingerprint density at radius 2 is 2.10 bits per heavy atom. The largest absolute Gasteiger partial charge is 0.480 e. The smallest absolute Gasteiger partial charge is 0.408 e. The predicted molar refractivity (Wildman–Crippen MR) is 78.2 cm³/mol. The lowest BCUT2D eigenvalue weighted by Crippen LogP contribution is -2.53. The van der Waals surface area contributed by atoms with E-state index < -0.39 is 17.6 Å². The van der Waals surface area contributed by atoms with E-state index in [-0.39, 0.29) is 13.0 Å². The van der Waals surface area contributed by atoms with Crippen molar-refractivity contribution < 1.29 is 19.4 Å². The van der Waals surface area contributed by atoms with Crippen molar-refractivity contribution in [3.63, 3.8) is 0 Å². The Kier molecular flexibility index (Phi) is 4.16. The average molecular weight is 290 g/mol. The third-order valence-electron chi connectivity index (χ3n) is 3.34. The maximum absolute atomic E-state index is 11.6. The fourth-order valence-electron chi connectivity index (χ4n) is 2.22. The van der Waals surface area contributed by atoms with Crippen LogP contribution >= 0.6 is 0 Å². The van der Waals surface area contributed by atoms with Crippen LogP contribution in [0.15, 0.2) is 30.5 Å². The van der Waals surface area contributed by atoms with Crippen molar-refractivity contribution in [3.8, 4) is 0 Å². The maximum atomic E-state index is 11.6. The Bertz CT molecular complexity index is 664. The number of hydrogen-bond donors (Lipinski definition) is 3. The molecule has 0 unspecified atom stereocenters. The Morgan fingerprint density at radius 3 is 2.76 bits per heavy atom. The SMILES string of the molecule is CCOC(=O)N[C@](C)(Cc1c[nH]c2ccccc12)C(=O)O. The van der Waals surface area contributed by atoms with Crippen molar-refractivity contribution in [1.29, 1.82) is 0 Å². The Balaban J connectivity index is 2.27. The summed E-state index contributed by atoms with van der Waals surface area (Å²) in [4.78, 5) is 26.2. The molecule has 21 heavy (non-hydrogen) atoms. The summed E-state index contributed by atoms with van der Waals surface area (Å²) in [6, 6.07) is 7.61. The quantitative estimate of drug-likeness (QED) is 0.788. The summed E-state index contributed by atoms with van der Waals surface area (Å²) in [6.45, 7) is 3.32. The van der Waals surface area contributed by atoms with E-state index in [4.69, 9.17) is 4.74 Å². The number of amides is 1. The topological polar surface area (TPSA) is 91.4 Å². The number of fused-ring (bicyclic) bond motifs is 1. The number of aromatic nitrogens is 1. The van der Waals surface area contributed by atoms with Crippen molar-refractivity contribution >= 4 is 23.0 Å². The first-order chi connectivity index (χ1) is 9.96. The van der Waals surface area contributed by atoms with E-state index in [0.717, 1.165) is 16.5 Å². The summed E-state index contributed by atoms with van der Waals surface area (Å²) in [6.07, 6.45) is 1.19. The number of para-hydroxylation sites is 1. The molecule has 0 saturated carbocycles. The molecule has 1 aromatic carbocycles. The minimum absolute atomic E-state index is 0.158. The van der Waals surface area contributed by atoms with Crippen LogP contribution in [0.5, 0.6) is 0 Å². The van der Waals surface area contributed by atoms with Gasteiger partial charge in [-0.3, -0.25) is 0 Å². The number of ether oxygens (including phenoxy) is 1. The second-order valence-electron chi connectivity index (χ2n) is 5.02. The van der Waals surface area contributed by atoms with E-state index in [0.29, 0.717) is 0 Å². The highest BCUT2D eigenvalue weighted by Gasteiger charge is 2.36. The van der Waals surface area contributed by atoms with Crippen LogP contribution in [0.2, 0.25) is 0 Å². The molecule has 0 aliphatic heterocycles. The number of aromatic amines is 1. The Hall–Kier alpha value is -2.50. The summed E-state index contributed by atoms with van der Waals surface area (Å²) >= 11 is 0. The standard InChI is InChI=1S/C15H18N2O4/c1-3-21-14(20)17-15(2,13(18)19)8-10-9-16-12-7-5-4-6-11(10)12/h4-7,9,16H,3,8H2,1-2H3,(H,17,20)(H,18,19)/t15-/m1/s1. The Labute approximate surface area is 122 Å². The minimum atomic E-state index is -1.43. The van der Waals surface area contributed by atoms with E-state index in [1.807, 2.05) is 24.3 Å². The molecule has 1 heterocycles. The van der Waals surface area contributed by atoms with Gasteiger partial charge in [0, 0.05) is 23.5 Å². The van der Waals surface area contributed by atoms with Gasteiger partial charge in [-0.25, -0.2) is 9.59 Å². The van der Waals surface area contributed by atoms with Crippen molar-refractivity contribution in [1.82, 2.24) is 10.3 Å². The number of carboxylic acids is 1. The van der Waals surface area contributed by atoms with Gasteiger partial charge >= 0.3 is 12.1 Å². The van der Waals surface area contributed by atoms with Crippen LogP contribution in [-0.2, 0) is 16.0 Å². The molecule has 2 rings (SSSR count). The first kappa shape index (κ1) is 14.9. The molecule has 0 aliphatic carbocycles. The van der Waals surface area contributed by atoms with Crippen LogP contribution in [0.25, 0.3) is 10.9 Å². The maximum Gasteiger partial charge on any atom is 0.408 e. The number of H-pyrrole nitrogens is 1. The number of rotatable bonds is 5. The lowest BCUT2D eigenvalue weighted by molar-refractivity contribution is -0.143. The summed E-state index contributed by atoms with van der Waals surface area (Å²) in [5, 5.41) is 12.8. The zero-order valence-corrected chi connectivity index (χ0v) is 12.0. The molecular formula is C15H18N2O4. The number of hydrogen-bond acceptors (Lipinski definition) is 3. The van der Waals surface area contributed by atoms with Crippen molar-refractivity contribution in [2.45, 2.75) is 25.8 Å². The van der Waals surface area contributed by atoms with Gasteiger partial charge in [0.15, 0.2) is 0 Å². The van der Waals surface area contributed by atoms with Crippen LogP contribution in [0.1, 0.15) is 19.4 Å². The first-order valence-corrected chi connectivity index (χ1v) is 6.69. The number of nitrogens with one attached hydrogen (secondary N) is 2. The third-order valence-corrected chi connectivity index (χ3v) is 3.34. The summed E-state index contributed by atoms with van der Waals surface area (Å²) < 4.78 is 4.77.